The molecule has 1 atom stereocenters. The molecule has 2 N–H and O–H groups in total. The van der Waals surface area contributed by atoms with E-state index in [0.717, 1.165) is 44.0 Å². The SMILES string of the molecule is C=C(O)C(=C)c1cc2c(nn1)NC1CN(C3CCC(=O)CC3)CCN21. The fourth-order valence-corrected chi connectivity index (χ4v) is 3.99. The number of rotatable bonds is 3. The van der Waals surface area contributed by atoms with Crippen LogP contribution in [0.15, 0.2) is 25.0 Å². The van der Waals surface area contributed by atoms with Gasteiger partial charge in [0, 0.05) is 44.1 Å². The third-order valence-corrected chi connectivity index (χ3v) is 5.49. The van der Waals surface area contributed by atoms with Crippen LogP contribution in [0.5, 0.6) is 0 Å². The molecule has 25 heavy (non-hydrogen) atoms. The average molecular weight is 341 g/mol. The summed E-state index contributed by atoms with van der Waals surface area (Å²) in [4.78, 5) is 16.3. The number of ketones is 1. The molecule has 2 fully saturated rings. The number of piperazine rings is 1. The summed E-state index contributed by atoms with van der Waals surface area (Å²) in [6.07, 6.45) is 3.54. The number of allylic oxidation sites excluding steroid dienone is 1. The van der Waals surface area contributed by atoms with Crippen molar-refractivity contribution < 1.29 is 9.90 Å². The minimum absolute atomic E-state index is 0.0894. The summed E-state index contributed by atoms with van der Waals surface area (Å²) in [5, 5.41) is 21.4. The number of hydrogen-bond donors (Lipinski definition) is 2. The van der Waals surface area contributed by atoms with Gasteiger partial charge >= 0.3 is 0 Å². The van der Waals surface area contributed by atoms with Crippen LogP contribution in [0.4, 0.5) is 11.5 Å². The molecule has 7 heteroatoms. The zero-order chi connectivity index (χ0) is 17.6. The van der Waals surface area contributed by atoms with Crippen molar-refractivity contribution >= 4 is 22.9 Å². The standard InChI is InChI=1S/C18H23N5O2/c1-11(12(2)24)15-9-16-18(21-20-15)19-17-10-22(7-8-23(16)17)13-3-5-14(25)6-4-13/h9,13,17,24H,1-8,10H2,(H,19,21). The molecule has 1 saturated carbocycles. The Balaban J connectivity index is 1.48. The van der Waals surface area contributed by atoms with Crippen molar-refractivity contribution in [1.82, 2.24) is 15.1 Å². The van der Waals surface area contributed by atoms with Crippen LogP contribution in [-0.4, -0.2) is 57.8 Å². The van der Waals surface area contributed by atoms with Crippen LogP contribution in [0.2, 0.25) is 0 Å². The molecule has 0 aromatic carbocycles. The summed E-state index contributed by atoms with van der Waals surface area (Å²) >= 11 is 0. The van der Waals surface area contributed by atoms with E-state index in [2.05, 4.69) is 38.5 Å². The van der Waals surface area contributed by atoms with Gasteiger partial charge in [0.25, 0.3) is 0 Å². The van der Waals surface area contributed by atoms with E-state index >= 15 is 0 Å². The topological polar surface area (TPSA) is 81.6 Å². The first-order valence-corrected chi connectivity index (χ1v) is 8.77. The second-order valence-electron chi connectivity index (χ2n) is 7.01. The van der Waals surface area contributed by atoms with E-state index in [1.54, 1.807) is 0 Å². The van der Waals surface area contributed by atoms with E-state index in [0.29, 0.717) is 35.9 Å². The first kappa shape index (κ1) is 16.1. The Morgan fingerprint density at radius 1 is 1.24 bits per heavy atom. The molecule has 0 bridgehead atoms. The van der Waals surface area contributed by atoms with Crippen LogP contribution in [0.3, 0.4) is 0 Å². The van der Waals surface area contributed by atoms with Crippen LogP contribution in [0.1, 0.15) is 31.4 Å². The van der Waals surface area contributed by atoms with E-state index in [4.69, 9.17) is 0 Å². The first-order chi connectivity index (χ1) is 12.0. The lowest BCUT2D eigenvalue weighted by Crippen LogP contribution is -2.57. The van der Waals surface area contributed by atoms with E-state index in [1.165, 1.54) is 0 Å². The molecule has 1 aromatic heterocycles. The van der Waals surface area contributed by atoms with Crippen molar-refractivity contribution in [3.05, 3.63) is 30.7 Å². The zero-order valence-corrected chi connectivity index (χ0v) is 14.2. The fraction of sp³-hybridized carbons (Fsp3) is 0.500. The average Bonchev–Trinajstić information content (AvgIpc) is 2.98. The number of hydrogen-bond acceptors (Lipinski definition) is 7. The monoisotopic (exact) mass is 341 g/mol. The molecule has 0 radical (unpaired) electrons. The van der Waals surface area contributed by atoms with Gasteiger partial charge in [0.05, 0.1) is 11.4 Å². The molecule has 3 aliphatic rings. The lowest BCUT2D eigenvalue weighted by Gasteiger charge is -2.43. The molecule has 3 heterocycles. The van der Waals surface area contributed by atoms with E-state index in [9.17, 15) is 9.90 Å². The van der Waals surface area contributed by atoms with Crippen molar-refractivity contribution in [2.45, 2.75) is 37.9 Å². The summed E-state index contributed by atoms with van der Waals surface area (Å²) in [6, 6.07) is 2.41. The molecule has 1 unspecified atom stereocenters. The van der Waals surface area contributed by atoms with E-state index < -0.39 is 0 Å². The highest BCUT2D eigenvalue weighted by molar-refractivity contribution is 5.80. The molecule has 1 saturated heterocycles. The van der Waals surface area contributed by atoms with Gasteiger partial charge in [-0.3, -0.25) is 9.69 Å². The van der Waals surface area contributed by atoms with Gasteiger partial charge in [0.1, 0.15) is 17.7 Å². The number of Topliss-reactive ketones (excluding diaryl/α,β-unsaturated/α-hetero) is 1. The minimum atomic E-state index is -0.0894. The van der Waals surface area contributed by atoms with Crippen LogP contribution < -0.4 is 10.2 Å². The van der Waals surface area contributed by atoms with E-state index in [-0.39, 0.29) is 11.9 Å². The van der Waals surface area contributed by atoms with Gasteiger partial charge in [-0.05, 0) is 18.9 Å². The first-order valence-electron chi connectivity index (χ1n) is 8.77. The van der Waals surface area contributed by atoms with Gasteiger partial charge in [-0.1, -0.05) is 13.2 Å². The second kappa shape index (κ2) is 6.15. The number of anilines is 2. The second-order valence-corrected chi connectivity index (χ2v) is 7.01. The largest absolute Gasteiger partial charge is 0.508 e. The van der Waals surface area contributed by atoms with Crippen LogP contribution >= 0.6 is 0 Å². The molecule has 7 nitrogen and oxygen atoms in total. The summed E-state index contributed by atoms with van der Waals surface area (Å²) in [6.45, 7) is 10.1. The zero-order valence-electron chi connectivity index (χ0n) is 14.2. The third-order valence-electron chi connectivity index (χ3n) is 5.49. The van der Waals surface area contributed by atoms with Crippen LogP contribution in [-0.2, 0) is 4.79 Å². The number of carbonyl (C=O) groups excluding carboxylic acids is 1. The van der Waals surface area contributed by atoms with Crippen molar-refractivity contribution in [2.24, 2.45) is 0 Å². The normalized spacial score (nSPS) is 23.8. The number of aromatic nitrogens is 2. The van der Waals surface area contributed by atoms with Gasteiger partial charge in [-0.15, -0.1) is 10.2 Å². The molecule has 1 aromatic rings. The number of aliphatic hydroxyl groups excluding tert-OH is 1. The maximum atomic E-state index is 11.5. The van der Waals surface area contributed by atoms with Gasteiger partial charge in [0.2, 0.25) is 0 Å². The Morgan fingerprint density at radius 2 is 2.00 bits per heavy atom. The fourth-order valence-electron chi connectivity index (χ4n) is 3.99. The molecule has 4 rings (SSSR count). The Kier molecular flexibility index (Phi) is 3.95. The number of nitrogens with one attached hydrogen (secondary N) is 1. The Hall–Kier alpha value is -2.41. The smallest absolute Gasteiger partial charge is 0.174 e. The predicted octanol–water partition coefficient (Wildman–Crippen LogP) is 1.95. The van der Waals surface area contributed by atoms with Gasteiger partial charge in [-0.25, -0.2) is 0 Å². The summed E-state index contributed by atoms with van der Waals surface area (Å²) in [5.41, 5.74) is 1.93. The molecule has 132 valence electrons. The molecule has 0 amide bonds. The summed E-state index contributed by atoms with van der Waals surface area (Å²) in [7, 11) is 0. The Morgan fingerprint density at radius 3 is 2.72 bits per heavy atom. The van der Waals surface area contributed by atoms with Crippen molar-refractivity contribution in [3.63, 3.8) is 0 Å². The molecular formula is C18H23N5O2. The van der Waals surface area contributed by atoms with Crippen LogP contribution in [0, 0.1) is 0 Å². The number of nitrogens with zero attached hydrogens (tertiary/aromatic N) is 4. The highest BCUT2D eigenvalue weighted by atomic mass is 16.3. The van der Waals surface area contributed by atoms with Crippen molar-refractivity contribution in [1.29, 1.82) is 0 Å². The highest BCUT2D eigenvalue weighted by Crippen LogP contribution is 2.36. The number of carbonyl (C=O) groups is 1. The van der Waals surface area contributed by atoms with Crippen molar-refractivity contribution in [3.8, 4) is 0 Å². The Labute approximate surface area is 147 Å². The van der Waals surface area contributed by atoms with E-state index in [1.807, 2.05) is 6.07 Å². The minimum Gasteiger partial charge on any atom is -0.508 e. The number of aliphatic hydroxyl groups is 1. The Bertz CT molecular complexity index is 737. The van der Waals surface area contributed by atoms with Crippen molar-refractivity contribution in [2.75, 3.05) is 29.9 Å². The summed E-state index contributed by atoms with van der Waals surface area (Å²) in [5.74, 6) is 1.08. The quantitative estimate of drug-likeness (QED) is 0.642. The molecule has 1 aliphatic carbocycles. The molecule has 0 spiro atoms. The van der Waals surface area contributed by atoms with Crippen LogP contribution in [0.25, 0.3) is 5.57 Å². The number of fused-ring (bicyclic) bond motifs is 3. The molecule has 2 aliphatic heterocycles. The predicted molar refractivity (Wildman–Crippen MR) is 96.4 cm³/mol. The lowest BCUT2D eigenvalue weighted by molar-refractivity contribution is -0.121. The van der Waals surface area contributed by atoms with Gasteiger partial charge < -0.3 is 15.3 Å². The highest BCUT2D eigenvalue weighted by Gasteiger charge is 2.38. The molecular weight excluding hydrogens is 318 g/mol. The van der Waals surface area contributed by atoms with Gasteiger partial charge in [-0.2, -0.15) is 0 Å². The summed E-state index contributed by atoms with van der Waals surface area (Å²) < 4.78 is 0. The third kappa shape index (κ3) is 2.89. The van der Waals surface area contributed by atoms with Gasteiger partial charge in [0.15, 0.2) is 5.82 Å². The maximum absolute atomic E-state index is 11.5. The maximum Gasteiger partial charge on any atom is 0.174 e. The lowest BCUT2D eigenvalue weighted by atomic mass is 9.92.